The Morgan fingerprint density at radius 1 is 1.36 bits per heavy atom. The van der Waals surface area contributed by atoms with Crippen molar-refractivity contribution in [1.29, 1.82) is 0 Å². The number of carbonyl (C=O) groups excluding carboxylic acids is 1. The maximum Gasteiger partial charge on any atom is 0.292 e. The molecule has 0 spiro atoms. The number of benzene rings is 1. The Bertz CT molecular complexity index is 961. The van der Waals surface area contributed by atoms with Crippen molar-refractivity contribution in [2.24, 2.45) is 5.10 Å². The number of hydrazone groups is 1. The average molecular weight is 361 g/mol. The summed E-state index contributed by atoms with van der Waals surface area (Å²) in [7, 11) is 0. The minimum Gasteiger partial charge on any atom is -0.378 e. The number of nitrogen functional groups attached to an aromatic ring is 1. The van der Waals surface area contributed by atoms with Crippen molar-refractivity contribution >= 4 is 29.0 Å². The number of carbonyl (C=O) groups is 1. The lowest BCUT2D eigenvalue weighted by atomic mass is 10.1. The van der Waals surface area contributed by atoms with Gasteiger partial charge < -0.3 is 5.73 Å². The van der Waals surface area contributed by atoms with Gasteiger partial charge in [-0.15, -0.1) is 5.10 Å². The van der Waals surface area contributed by atoms with Gasteiger partial charge in [0, 0.05) is 10.6 Å². The van der Waals surface area contributed by atoms with Crippen LogP contribution in [0.15, 0.2) is 34.0 Å². The molecule has 3 aromatic rings. The summed E-state index contributed by atoms with van der Waals surface area (Å²) in [6.45, 7) is 3.34. The summed E-state index contributed by atoms with van der Waals surface area (Å²) in [6.07, 6.45) is 0. The molecular formula is C14H13ClN8O2. The molecule has 0 aliphatic heterocycles. The van der Waals surface area contributed by atoms with Gasteiger partial charge in [-0.05, 0) is 30.2 Å². The van der Waals surface area contributed by atoms with Crippen LogP contribution in [-0.2, 0) is 0 Å². The van der Waals surface area contributed by atoms with Crippen LogP contribution in [0.2, 0.25) is 5.02 Å². The number of nitrogens with two attached hydrogens (primary N) is 1. The Balaban J connectivity index is 1.88. The quantitative estimate of drug-likeness (QED) is 0.529. The van der Waals surface area contributed by atoms with Crippen molar-refractivity contribution in [3.05, 3.63) is 46.2 Å². The first kappa shape index (κ1) is 16.6. The maximum absolute atomic E-state index is 12.5. The Morgan fingerprint density at radius 2 is 2.12 bits per heavy atom. The van der Waals surface area contributed by atoms with Gasteiger partial charge >= 0.3 is 0 Å². The fourth-order valence-corrected chi connectivity index (χ4v) is 2.38. The highest BCUT2D eigenvalue weighted by Gasteiger charge is 2.22. The zero-order valence-electron chi connectivity index (χ0n) is 13.3. The van der Waals surface area contributed by atoms with Gasteiger partial charge in [0.25, 0.3) is 5.91 Å². The molecular weight excluding hydrogens is 348 g/mol. The number of aryl methyl sites for hydroxylation is 1. The van der Waals surface area contributed by atoms with Crippen LogP contribution in [0.4, 0.5) is 5.82 Å². The molecule has 2 heterocycles. The smallest absolute Gasteiger partial charge is 0.292 e. The summed E-state index contributed by atoms with van der Waals surface area (Å²) in [5.41, 5.74) is 9.80. The van der Waals surface area contributed by atoms with Gasteiger partial charge in [-0.3, -0.25) is 4.79 Å². The zero-order valence-corrected chi connectivity index (χ0v) is 14.0. The first-order valence-corrected chi connectivity index (χ1v) is 7.47. The van der Waals surface area contributed by atoms with Crippen molar-refractivity contribution in [3.63, 3.8) is 0 Å². The van der Waals surface area contributed by atoms with Crippen LogP contribution in [0.3, 0.4) is 0 Å². The van der Waals surface area contributed by atoms with Crippen molar-refractivity contribution in [1.82, 2.24) is 30.7 Å². The molecule has 0 bridgehead atoms. The molecule has 10 nitrogen and oxygen atoms in total. The first-order chi connectivity index (χ1) is 12.0. The fourth-order valence-electron chi connectivity index (χ4n) is 2.11. The molecule has 3 N–H and O–H groups in total. The van der Waals surface area contributed by atoms with Gasteiger partial charge in [-0.2, -0.15) is 9.78 Å². The number of nitrogens with one attached hydrogen (secondary N) is 1. The van der Waals surface area contributed by atoms with E-state index in [4.69, 9.17) is 17.3 Å². The maximum atomic E-state index is 12.5. The Kier molecular flexibility index (Phi) is 4.44. The van der Waals surface area contributed by atoms with Crippen molar-refractivity contribution in [3.8, 4) is 5.82 Å². The topological polar surface area (TPSA) is 137 Å². The SMILES string of the molecule is CC(=NNC(=O)c1c(C)nnn1-c1nonc1N)c1ccccc1Cl. The third kappa shape index (κ3) is 3.19. The van der Waals surface area contributed by atoms with Crippen LogP contribution < -0.4 is 11.2 Å². The Morgan fingerprint density at radius 3 is 2.80 bits per heavy atom. The highest BCUT2D eigenvalue weighted by atomic mass is 35.5. The number of hydrogen-bond acceptors (Lipinski definition) is 8. The lowest BCUT2D eigenvalue weighted by Gasteiger charge is -2.05. The van der Waals surface area contributed by atoms with E-state index >= 15 is 0 Å². The lowest BCUT2D eigenvalue weighted by Crippen LogP contribution is -2.24. The monoisotopic (exact) mass is 360 g/mol. The summed E-state index contributed by atoms with van der Waals surface area (Å²) in [5.74, 6) is -0.497. The molecule has 0 aliphatic rings. The van der Waals surface area contributed by atoms with Crippen LogP contribution in [-0.4, -0.2) is 36.9 Å². The number of anilines is 1. The van der Waals surface area contributed by atoms with E-state index in [0.717, 1.165) is 4.68 Å². The highest BCUT2D eigenvalue weighted by Crippen LogP contribution is 2.17. The van der Waals surface area contributed by atoms with E-state index in [-0.39, 0.29) is 17.3 Å². The molecule has 0 aliphatic carbocycles. The van der Waals surface area contributed by atoms with E-state index in [2.05, 4.69) is 35.8 Å². The van der Waals surface area contributed by atoms with E-state index in [1.807, 2.05) is 12.1 Å². The molecule has 1 amide bonds. The molecule has 0 fully saturated rings. The molecule has 0 radical (unpaired) electrons. The molecule has 2 aromatic heterocycles. The average Bonchev–Trinajstić information content (AvgIpc) is 3.18. The lowest BCUT2D eigenvalue weighted by molar-refractivity contribution is 0.0946. The molecule has 0 saturated carbocycles. The summed E-state index contributed by atoms with van der Waals surface area (Å²) in [6, 6.07) is 7.17. The summed E-state index contributed by atoms with van der Waals surface area (Å²) < 4.78 is 5.66. The zero-order chi connectivity index (χ0) is 18.0. The molecule has 11 heteroatoms. The third-order valence-corrected chi connectivity index (χ3v) is 3.67. The Labute approximate surface area is 146 Å². The largest absolute Gasteiger partial charge is 0.378 e. The normalized spacial score (nSPS) is 11.6. The predicted molar refractivity (Wildman–Crippen MR) is 89.5 cm³/mol. The van der Waals surface area contributed by atoms with Crippen LogP contribution in [0.5, 0.6) is 0 Å². The molecule has 3 rings (SSSR count). The standard InChI is InChI=1S/C14H13ClN8O2/c1-7(9-5-3-4-6-10(9)15)17-19-14(24)11-8(2)18-22-23(11)13-12(16)20-25-21-13/h3-6H,1-2H3,(H2,16,20)(H,19,24). The molecule has 128 valence electrons. The molecule has 0 saturated heterocycles. The molecule has 25 heavy (non-hydrogen) atoms. The van der Waals surface area contributed by atoms with Crippen LogP contribution in [0.25, 0.3) is 5.82 Å². The predicted octanol–water partition coefficient (Wildman–Crippen LogP) is 1.35. The minimum absolute atomic E-state index is 0.0188. The van der Waals surface area contributed by atoms with E-state index in [0.29, 0.717) is 22.0 Å². The van der Waals surface area contributed by atoms with Crippen molar-refractivity contribution in [2.75, 3.05) is 5.73 Å². The van der Waals surface area contributed by atoms with Gasteiger partial charge in [0.1, 0.15) is 0 Å². The van der Waals surface area contributed by atoms with Crippen molar-refractivity contribution in [2.45, 2.75) is 13.8 Å². The van der Waals surface area contributed by atoms with E-state index in [9.17, 15) is 4.79 Å². The second-order valence-electron chi connectivity index (χ2n) is 5.03. The number of nitrogens with zero attached hydrogens (tertiary/aromatic N) is 6. The minimum atomic E-state index is -0.545. The summed E-state index contributed by atoms with van der Waals surface area (Å²) in [4.78, 5) is 12.5. The second kappa shape index (κ2) is 6.69. The molecule has 1 aromatic carbocycles. The van der Waals surface area contributed by atoms with Gasteiger partial charge in [0.15, 0.2) is 5.69 Å². The van der Waals surface area contributed by atoms with Crippen molar-refractivity contribution < 1.29 is 9.42 Å². The number of amides is 1. The van der Waals surface area contributed by atoms with E-state index in [1.165, 1.54) is 0 Å². The number of rotatable bonds is 4. The third-order valence-electron chi connectivity index (χ3n) is 3.34. The molecule has 0 unspecified atom stereocenters. The summed E-state index contributed by atoms with van der Waals surface area (Å²) in [5, 5.41) is 19.4. The Hall–Kier alpha value is -3.27. The highest BCUT2D eigenvalue weighted by molar-refractivity contribution is 6.34. The second-order valence-corrected chi connectivity index (χ2v) is 5.43. The van der Waals surface area contributed by atoms with E-state index in [1.54, 1.807) is 26.0 Å². The van der Waals surface area contributed by atoms with E-state index < -0.39 is 5.91 Å². The van der Waals surface area contributed by atoms with Crippen LogP contribution in [0.1, 0.15) is 28.7 Å². The number of aromatic nitrogens is 5. The van der Waals surface area contributed by atoms with Gasteiger partial charge in [0.05, 0.1) is 11.4 Å². The van der Waals surface area contributed by atoms with Gasteiger partial charge in [-0.25, -0.2) is 10.1 Å². The summed E-state index contributed by atoms with van der Waals surface area (Å²) >= 11 is 6.11. The van der Waals surface area contributed by atoms with Crippen LogP contribution >= 0.6 is 11.6 Å². The van der Waals surface area contributed by atoms with Gasteiger partial charge in [-0.1, -0.05) is 35.0 Å². The number of hydrogen-bond donors (Lipinski definition) is 2. The first-order valence-electron chi connectivity index (χ1n) is 7.09. The van der Waals surface area contributed by atoms with Gasteiger partial charge in [0.2, 0.25) is 11.6 Å². The molecule has 0 atom stereocenters. The van der Waals surface area contributed by atoms with Crippen LogP contribution in [0, 0.1) is 6.92 Å². The number of halogens is 1. The fraction of sp³-hybridized carbons (Fsp3) is 0.143.